The molecule has 9 heteroatoms. The second-order valence-electron chi connectivity index (χ2n) is 9.47. The minimum Gasteiger partial charge on any atom is -0.507 e. The number of fused-ring (bicyclic) bond motifs is 1. The van der Waals surface area contributed by atoms with E-state index < -0.39 is 17.7 Å². The number of nitrogens with zero attached hydrogens (tertiary/aromatic N) is 2. The molecular weight excluding hydrogens is 512 g/mol. The van der Waals surface area contributed by atoms with Crippen LogP contribution in [-0.4, -0.2) is 79.2 Å². The molecule has 1 atom stereocenters. The quantitative estimate of drug-likeness (QED) is 0.168. The fourth-order valence-electron chi connectivity index (χ4n) is 5.04. The van der Waals surface area contributed by atoms with Crippen LogP contribution in [0.1, 0.15) is 44.4 Å². The van der Waals surface area contributed by atoms with Crippen molar-refractivity contribution in [1.82, 2.24) is 9.80 Å². The summed E-state index contributed by atoms with van der Waals surface area (Å²) in [4.78, 5) is 30.7. The molecule has 214 valence electrons. The van der Waals surface area contributed by atoms with E-state index in [4.69, 9.17) is 18.9 Å². The van der Waals surface area contributed by atoms with Gasteiger partial charge in [-0.25, -0.2) is 0 Å². The molecule has 1 N–H and O–H groups in total. The monoisotopic (exact) mass is 550 g/mol. The SMILES string of the molecule is C=CCOc1ccc([C@@H]2/C(=C(\O)c3ccc4c(c3)OCCO4)C(=O)C(=O)N2CCCN(CC)CC)cc1OCC. The molecule has 2 aromatic rings. The third-order valence-corrected chi connectivity index (χ3v) is 7.06. The number of aliphatic hydroxyl groups is 1. The Morgan fingerprint density at radius 2 is 1.80 bits per heavy atom. The molecule has 0 radical (unpaired) electrons. The van der Waals surface area contributed by atoms with Crippen molar-refractivity contribution in [2.75, 3.05) is 52.6 Å². The van der Waals surface area contributed by atoms with Crippen molar-refractivity contribution in [3.8, 4) is 23.0 Å². The summed E-state index contributed by atoms with van der Waals surface area (Å²) >= 11 is 0. The number of aliphatic hydroxyl groups excluding tert-OH is 1. The maximum Gasteiger partial charge on any atom is 0.295 e. The standard InChI is InChI=1S/C31H38N2O7/c1-5-16-38-23-12-10-21(19-25(23)37-8-4)28-27(29(34)22-11-13-24-26(20-22)40-18-17-39-24)30(35)31(36)33(28)15-9-14-32(6-2)7-3/h5,10-13,19-20,28,34H,1,6-9,14-18H2,2-4H3/b29-27+/t28-/m1/s1. The van der Waals surface area contributed by atoms with E-state index in [1.807, 2.05) is 6.92 Å². The van der Waals surface area contributed by atoms with E-state index in [1.165, 1.54) is 0 Å². The minimum atomic E-state index is -0.808. The Kier molecular flexibility index (Phi) is 9.71. The molecule has 0 unspecified atom stereocenters. The Morgan fingerprint density at radius 3 is 2.50 bits per heavy atom. The number of carbonyl (C=O) groups excluding carboxylic acids is 2. The zero-order chi connectivity index (χ0) is 28.6. The molecule has 1 fully saturated rings. The summed E-state index contributed by atoms with van der Waals surface area (Å²) in [7, 11) is 0. The lowest BCUT2D eigenvalue weighted by Crippen LogP contribution is -2.33. The van der Waals surface area contributed by atoms with Crippen LogP contribution in [-0.2, 0) is 9.59 Å². The number of hydrogen-bond donors (Lipinski definition) is 1. The Morgan fingerprint density at radius 1 is 1.05 bits per heavy atom. The van der Waals surface area contributed by atoms with Gasteiger partial charge < -0.3 is 33.9 Å². The normalized spacial score (nSPS) is 17.8. The number of hydrogen-bond acceptors (Lipinski definition) is 8. The topological polar surface area (TPSA) is 97.8 Å². The molecule has 1 amide bonds. The summed E-state index contributed by atoms with van der Waals surface area (Å²) in [6.07, 6.45) is 2.32. The fourth-order valence-corrected chi connectivity index (χ4v) is 5.04. The van der Waals surface area contributed by atoms with Crippen LogP contribution >= 0.6 is 0 Å². The van der Waals surface area contributed by atoms with Crippen molar-refractivity contribution in [3.05, 3.63) is 65.8 Å². The summed E-state index contributed by atoms with van der Waals surface area (Å²) in [5.74, 6) is 0.399. The zero-order valence-electron chi connectivity index (χ0n) is 23.5. The number of ketones is 1. The predicted octanol–water partition coefficient (Wildman–Crippen LogP) is 4.57. The molecular formula is C31H38N2O7. The van der Waals surface area contributed by atoms with Gasteiger partial charge in [0.1, 0.15) is 25.6 Å². The fraction of sp³-hybridized carbons (Fsp3) is 0.419. The van der Waals surface area contributed by atoms with Crippen LogP contribution in [0.4, 0.5) is 0 Å². The summed E-state index contributed by atoms with van der Waals surface area (Å²) < 4.78 is 22.9. The van der Waals surface area contributed by atoms with E-state index in [9.17, 15) is 14.7 Å². The average molecular weight is 551 g/mol. The van der Waals surface area contributed by atoms with Crippen molar-refractivity contribution in [3.63, 3.8) is 0 Å². The largest absolute Gasteiger partial charge is 0.507 e. The molecule has 4 rings (SSSR count). The van der Waals surface area contributed by atoms with E-state index >= 15 is 0 Å². The van der Waals surface area contributed by atoms with Gasteiger partial charge in [-0.05, 0) is 68.9 Å². The Bertz CT molecular complexity index is 1270. The van der Waals surface area contributed by atoms with Crippen molar-refractivity contribution in [1.29, 1.82) is 0 Å². The van der Waals surface area contributed by atoms with Crippen molar-refractivity contribution in [2.24, 2.45) is 0 Å². The molecule has 0 bridgehead atoms. The van der Waals surface area contributed by atoms with Crippen molar-refractivity contribution in [2.45, 2.75) is 33.2 Å². The lowest BCUT2D eigenvalue weighted by Gasteiger charge is -2.27. The first kappa shape index (κ1) is 29.0. The summed E-state index contributed by atoms with van der Waals surface area (Å²) in [6.45, 7) is 14.2. The highest BCUT2D eigenvalue weighted by Gasteiger charge is 2.46. The molecule has 2 aliphatic rings. The van der Waals surface area contributed by atoms with E-state index in [2.05, 4.69) is 25.3 Å². The summed E-state index contributed by atoms with van der Waals surface area (Å²) in [5.41, 5.74) is 1.02. The van der Waals surface area contributed by atoms with Gasteiger partial charge in [0, 0.05) is 12.1 Å². The molecule has 1 saturated heterocycles. The molecule has 2 aliphatic heterocycles. The highest BCUT2D eigenvalue weighted by atomic mass is 16.6. The van der Waals surface area contributed by atoms with E-state index in [-0.39, 0.29) is 11.3 Å². The number of ether oxygens (including phenoxy) is 4. The Balaban J connectivity index is 1.78. The third kappa shape index (κ3) is 6.09. The third-order valence-electron chi connectivity index (χ3n) is 7.06. The molecule has 2 aromatic carbocycles. The molecule has 2 heterocycles. The lowest BCUT2D eigenvalue weighted by atomic mass is 9.94. The highest BCUT2D eigenvalue weighted by Crippen LogP contribution is 2.43. The minimum absolute atomic E-state index is 0.0201. The van der Waals surface area contributed by atoms with Crippen LogP contribution in [0.25, 0.3) is 5.76 Å². The second-order valence-corrected chi connectivity index (χ2v) is 9.47. The van der Waals surface area contributed by atoms with Gasteiger partial charge in [-0.3, -0.25) is 9.59 Å². The lowest BCUT2D eigenvalue weighted by molar-refractivity contribution is -0.140. The van der Waals surface area contributed by atoms with Crippen molar-refractivity contribution >= 4 is 17.4 Å². The van der Waals surface area contributed by atoms with Crippen LogP contribution in [0.5, 0.6) is 23.0 Å². The van der Waals surface area contributed by atoms with Crippen LogP contribution in [0.3, 0.4) is 0 Å². The zero-order valence-corrected chi connectivity index (χ0v) is 23.5. The van der Waals surface area contributed by atoms with Crippen LogP contribution < -0.4 is 18.9 Å². The number of amides is 1. The van der Waals surface area contributed by atoms with Gasteiger partial charge in [0.25, 0.3) is 11.7 Å². The second kappa shape index (κ2) is 13.4. The van der Waals surface area contributed by atoms with Crippen molar-refractivity contribution < 1.29 is 33.6 Å². The Hall–Kier alpha value is -3.98. The maximum atomic E-state index is 13.5. The molecule has 0 spiro atoms. The summed E-state index contributed by atoms with van der Waals surface area (Å²) in [6, 6.07) is 9.50. The molecule has 40 heavy (non-hydrogen) atoms. The first-order chi connectivity index (χ1) is 19.4. The Labute approximate surface area is 235 Å². The van der Waals surface area contributed by atoms with Gasteiger partial charge in [-0.15, -0.1) is 0 Å². The van der Waals surface area contributed by atoms with Gasteiger partial charge in [0.2, 0.25) is 0 Å². The first-order valence-electron chi connectivity index (χ1n) is 13.8. The van der Waals surface area contributed by atoms with E-state index in [0.29, 0.717) is 73.5 Å². The van der Waals surface area contributed by atoms with Crippen LogP contribution in [0.2, 0.25) is 0 Å². The summed E-state index contributed by atoms with van der Waals surface area (Å²) in [5, 5.41) is 11.5. The first-order valence-corrected chi connectivity index (χ1v) is 13.8. The molecule has 9 nitrogen and oxygen atoms in total. The van der Waals surface area contributed by atoms with E-state index in [1.54, 1.807) is 47.4 Å². The van der Waals surface area contributed by atoms with Crippen LogP contribution in [0.15, 0.2) is 54.6 Å². The van der Waals surface area contributed by atoms with Crippen LogP contribution in [0, 0.1) is 0 Å². The number of likely N-dealkylation sites (tertiary alicyclic amines) is 1. The molecule has 0 aliphatic carbocycles. The number of benzene rings is 2. The smallest absolute Gasteiger partial charge is 0.295 e. The number of rotatable bonds is 13. The molecule has 0 saturated carbocycles. The predicted molar refractivity (Wildman–Crippen MR) is 152 cm³/mol. The average Bonchev–Trinajstić information content (AvgIpc) is 3.23. The van der Waals surface area contributed by atoms with Gasteiger partial charge in [-0.1, -0.05) is 32.6 Å². The maximum absolute atomic E-state index is 13.5. The number of Topliss-reactive ketones (excluding diaryl/α,β-unsaturated/α-hetero) is 1. The van der Waals surface area contributed by atoms with Gasteiger partial charge in [0.05, 0.1) is 18.2 Å². The number of carbonyl (C=O) groups is 2. The van der Waals surface area contributed by atoms with Gasteiger partial charge in [0.15, 0.2) is 23.0 Å². The van der Waals surface area contributed by atoms with Gasteiger partial charge in [-0.2, -0.15) is 0 Å². The van der Waals surface area contributed by atoms with Gasteiger partial charge >= 0.3 is 0 Å². The highest BCUT2D eigenvalue weighted by molar-refractivity contribution is 6.46. The van der Waals surface area contributed by atoms with E-state index in [0.717, 1.165) is 19.6 Å². The molecule has 0 aromatic heterocycles.